The number of hydrogen-bond donors (Lipinski definition) is 0. The van der Waals surface area contributed by atoms with Gasteiger partial charge in [0.2, 0.25) is 0 Å². The van der Waals surface area contributed by atoms with Gasteiger partial charge in [-0.2, -0.15) is 0 Å². The highest BCUT2D eigenvalue weighted by atomic mass is 16.5. The van der Waals surface area contributed by atoms with Gasteiger partial charge in [0.25, 0.3) is 0 Å². The Bertz CT molecular complexity index is 183. The van der Waals surface area contributed by atoms with Gasteiger partial charge in [-0.05, 0) is 39.0 Å². The summed E-state index contributed by atoms with van der Waals surface area (Å²) in [5.74, 6) is 1.06. The predicted octanol–water partition coefficient (Wildman–Crippen LogP) is 2.04. The third-order valence-electron chi connectivity index (χ3n) is 4.86. The van der Waals surface area contributed by atoms with E-state index in [4.69, 9.17) is 4.74 Å². The summed E-state index contributed by atoms with van der Waals surface area (Å²) in [6.07, 6.45) is 4.78. The second-order valence-corrected chi connectivity index (χ2v) is 5.30. The molecule has 2 heteroatoms. The van der Waals surface area contributed by atoms with Crippen LogP contribution in [0.5, 0.6) is 0 Å². The van der Waals surface area contributed by atoms with Gasteiger partial charge >= 0.3 is 0 Å². The number of piperidine rings is 3. The molecule has 3 fully saturated rings. The van der Waals surface area contributed by atoms with E-state index in [1.807, 2.05) is 7.11 Å². The first kappa shape index (κ1) is 10.4. The van der Waals surface area contributed by atoms with Gasteiger partial charge in [-0.15, -0.1) is 0 Å². The molecule has 0 spiro atoms. The Morgan fingerprint density at radius 1 is 1.07 bits per heavy atom. The van der Waals surface area contributed by atoms with Crippen LogP contribution in [0.25, 0.3) is 0 Å². The lowest BCUT2D eigenvalue weighted by molar-refractivity contribution is -0.966. The maximum atomic E-state index is 5.49. The summed E-state index contributed by atoms with van der Waals surface area (Å²) in [4.78, 5) is 0. The van der Waals surface area contributed by atoms with Gasteiger partial charge in [0.15, 0.2) is 0 Å². The molecule has 82 valence electrons. The van der Waals surface area contributed by atoms with Crippen molar-refractivity contribution in [2.24, 2.45) is 5.92 Å². The Labute approximate surface area is 87.8 Å². The van der Waals surface area contributed by atoms with E-state index in [0.29, 0.717) is 12.1 Å². The third kappa shape index (κ3) is 1.59. The van der Waals surface area contributed by atoms with E-state index in [2.05, 4.69) is 13.8 Å². The summed E-state index contributed by atoms with van der Waals surface area (Å²) >= 11 is 0. The Morgan fingerprint density at radius 3 is 2.00 bits per heavy atom. The average Bonchev–Trinajstić information content (AvgIpc) is 2.29. The van der Waals surface area contributed by atoms with E-state index in [1.165, 1.54) is 43.4 Å². The number of fused-ring (bicyclic) bond motifs is 3. The van der Waals surface area contributed by atoms with Crippen LogP contribution in [-0.2, 0) is 4.74 Å². The van der Waals surface area contributed by atoms with Gasteiger partial charge < -0.3 is 9.22 Å². The minimum atomic E-state index is 0.407. The summed E-state index contributed by atoms with van der Waals surface area (Å²) in [7, 11) is 1.84. The highest BCUT2D eigenvalue weighted by molar-refractivity contribution is 4.76. The minimum Gasteiger partial charge on any atom is -0.376 e. The number of hydrogen-bond acceptors (Lipinski definition) is 1. The average molecular weight is 198 g/mol. The number of quaternary nitrogens is 1. The van der Waals surface area contributed by atoms with E-state index in [0.717, 1.165) is 5.92 Å². The lowest BCUT2D eigenvalue weighted by Crippen LogP contribution is -2.65. The van der Waals surface area contributed by atoms with Crippen molar-refractivity contribution in [1.29, 1.82) is 0 Å². The van der Waals surface area contributed by atoms with Gasteiger partial charge in [-0.1, -0.05) is 0 Å². The zero-order valence-electron chi connectivity index (χ0n) is 9.83. The van der Waals surface area contributed by atoms with Crippen molar-refractivity contribution in [2.45, 2.75) is 45.3 Å². The second-order valence-electron chi connectivity index (χ2n) is 5.30. The van der Waals surface area contributed by atoms with Crippen molar-refractivity contribution in [3.05, 3.63) is 0 Å². The molecule has 0 aromatic carbocycles. The molecule has 3 saturated heterocycles. The Morgan fingerprint density at radius 2 is 1.57 bits per heavy atom. The standard InChI is InChI=1S/C12H24NO/c1-10(11(2)14-3)13-7-4-12(5-8-13)6-9-13/h10-12H,4-9H2,1-3H3/q+1/t10-,11+,12?,13?/m1/s1. The van der Waals surface area contributed by atoms with Crippen molar-refractivity contribution in [1.82, 2.24) is 0 Å². The van der Waals surface area contributed by atoms with Gasteiger partial charge in [-0.25, -0.2) is 0 Å². The second kappa shape index (κ2) is 3.82. The molecule has 0 radical (unpaired) electrons. The zero-order valence-corrected chi connectivity index (χ0v) is 9.83. The summed E-state index contributed by atoms with van der Waals surface area (Å²) in [5.41, 5.74) is 0. The first-order valence-corrected chi connectivity index (χ1v) is 6.06. The number of ether oxygens (including phenoxy) is 1. The molecule has 0 aliphatic carbocycles. The largest absolute Gasteiger partial charge is 0.376 e. The van der Waals surface area contributed by atoms with Gasteiger partial charge in [0.05, 0.1) is 19.6 Å². The van der Waals surface area contributed by atoms with Crippen molar-refractivity contribution in [2.75, 3.05) is 26.7 Å². The normalized spacial score (nSPS) is 40.9. The third-order valence-corrected chi connectivity index (χ3v) is 4.86. The molecule has 3 aliphatic heterocycles. The summed E-state index contributed by atoms with van der Waals surface area (Å²) in [5, 5.41) is 0. The topological polar surface area (TPSA) is 9.23 Å². The number of rotatable bonds is 3. The summed E-state index contributed by atoms with van der Waals surface area (Å²) in [6.45, 7) is 8.80. The van der Waals surface area contributed by atoms with Crippen molar-refractivity contribution in [3.63, 3.8) is 0 Å². The first-order chi connectivity index (χ1) is 6.68. The Balaban J connectivity index is 2.06. The fourth-order valence-electron chi connectivity index (χ4n) is 3.34. The SMILES string of the molecule is CO[C@@H](C)[C@@H](C)[N+]12CCC(CC1)CC2. The molecule has 0 amide bonds. The van der Waals surface area contributed by atoms with Crippen LogP contribution >= 0.6 is 0 Å². The zero-order chi connectivity index (χ0) is 10.2. The number of methoxy groups -OCH3 is 1. The van der Waals surface area contributed by atoms with Crippen molar-refractivity contribution >= 4 is 0 Å². The van der Waals surface area contributed by atoms with E-state index in [1.54, 1.807) is 0 Å². The van der Waals surface area contributed by atoms with Crippen molar-refractivity contribution in [3.8, 4) is 0 Å². The van der Waals surface area contributed by atoms with Crippen LogP contribution in [0.2, 0.25) is 0 Å². The molecule has 3 heterocycles. The highest BCUT2D eigenvalue weighted by Gasteiger charge is 2.44. The smallest absolute Gasteiger partial charge is 0.112 e. The van der Waals surface area contributed by atoms with Crippen LogP contribution in [0.4, 0.5) is 0 Å². The maximum absolute atomic E-state index is 5.49. The van der Waals surface area contributed by atoms with Crippen LogP contribution < -0.4 is 0 Å². The molecular formula is C12H24NO+. The molecule has 14 heavy (non-hydrogen) atoms. The van der Waals surface area contributed by atoms with Crippen molar-refractivity contribution < 1.29 is 9.22 Å². The van der Waals surface area contributed by atoms with E-state index >= 15 is 0 Å². The molecule has 0 aromatic heterocycles. The van der Waals surface area contributed by atoms with Gasteiger partial charge in [-0.3, -0.25) is 0 Å². The lowest BCUT2D eigenvalue weighted by Gasteiger charge is -2.53. The van der Waals surface area contributed by atoms with E-state index < -0.39 is 0 Å². The monoisotopic (exact) mass is 198 g/mol. The first-order valence-electron chi connectivity index (χ1n) is 6.06. The van der Waals surface area contributed by atoms with Gasteiger partial charge in [0.1, 0.15) is 12.1 Å². The maximum Gasteiger partial charge on any atom is 0.112 e. The highest BCUT2D eigenvalue weighted by Crippen LogP contribution is 2.36. The fourth-order valence-corrected chi connectivity index (χ4v) is 3.34. The predicted molar refractivity (Wildman–Crippen MR) is 58.1 cm³/mol. The summed E-state index contributed by atoms with van der Waals surface area (Å²) < 4.78 is 6.83. The molecule has 2 bridgehead atoms. The van der Waals surface area contributed by atoms with Crippen LogP contribution in [0.3, 0.4) is 0 Å². The molecule has 2 nitrogen and oxygen atoms in total. The van der Waals surface area contributed by atoms with Crippen LogP contribution in [-0.4, -0.2) is 43.4 Å². The summed E-state index contributed by atoms with van der Waals surface area (Å²) in [6, 6.07) is 0.682. The van der Waals surface area contributed by atoms with Gasteiger partial charge in [0, 0.05) is 7.11 Å². The van der Waals surface area contributed by atoms with E-state index in [9.17, 15) is 0 Å². The lowest BCUT2D eigenvalue weighted by atomic mass is 9.84. The molecular weight excluding hydrogens is 174 g/mol. The molecule has 0 aromatic rings. The molecule has 0 saturated carbocycles. The van der Waals surface area contributed by atoms with E-state index in [-0.39, 0.29) is 0 Å². The minimum absolute atomic E-state index is 0.407. The quantitative estimate of drug-likeness (QED) is 0.631. The van der Waals surface area contributed by atoms with Crippen LogP contribution in [0, 0.1) is 5.92 Å². The number of nitrogens with zero attached hydrogens (tertiary/aromatic N) is 1. The Kier molecular flexibility index (Phi) is 2.85. The van der Waals surface area contributed by atoms with Crippen LogP contribution in [0.15, 0.2) is 0 Å². The molecule has 2 atom stereocenters. The molecule has 3 aliphatic rings. The fraction of sp³-hybridized carbons (Fsp3) is 1.00. The molecule has 0 unspecified atom stereocenters. The molecule has 0 N–H and O–H groups in total. The van der Waals surface area contributed by atoms with Crippen LogP contribution in [0.1, 0.15) is 33.1 Å². The Hall–Kier alpha value is -0.0800. The molecule has 3 rings (SSSR count).